The van der Waals surface area contributed by atoms with Crippen molar-refractivity contribution in [3.8, 4) is 0 Å². The maximum absolute atomic E-state index is 13.4. The van der Waals surface area contributed by atoms with Crippen LogP contribution in [0.2, 0.25) is 0 Å². The number of piperidine rings is 1. The lowest BCUT2D eigenvalue weighted by Crippen LogP contribution is -2.53. The highest BCUT2D eigenvalue weighted by atomic mass is 16.3. The summed E-state index contributed by atoms with van der Waals surface area (Å²) >= 11 is 0. The van der Waals surface area contributed by atoms with Gasteiger partial charge in [0.25, 0.3) is 5.91 Å². The van der Waals surface area contributed by atoms with Gasteiger partial charge in [-0.1, -0.05) is 30.3 Å². The number of hydrogen-bond acceptors (Lipinski definition) is 4. The molecule has 28 heavy (non-hydrogen) atoms. The standard InChI is InChI=1S/C22H27N3O3/c1-23-12-13-25(19(16-23)17-7-3-2-4-8-17)21(26)18-9-5-11-24(15-18)22(27)20-10-6-14-28-20/h2-4,6-8,10,14,18-19H,5,9,11-13,15-16H2,1H3/t18-,19+/m1/s1. The number of benzene rings is 1. The van der Waals surface area contributed by atoms with E-state index in [9.17, 15) is 9.59 Å². The number of furan rings is 1. The Kier molecular flexibility index (Phi) is 5.48. The molecule has 0 spiro atoms. The molecule has 6 heteroatoms. The predicted molar refractivity (Wildman–Crippen MR) is 106 cm³/mol. The first-order chi connectivity index (χ1) is 13.6. The van der Waals surface area contributed by atoms with Gasteiger partial charge in [-0.25, -0.2) is 0 Å². The Morgan fingerprint density at radius 3 is 2.57 bits per heavy atom. The van der Waals surface area contributed by atoms with Crippen molar-refractivity contribution in [2.75, 3.05) is 39.8 Å². The van der Waals surface area contributed by atoms with E-state index in [2.05, 4.69) is 24.1 Å². The van der Waals surface area contributed by atoms with E-state index in [-0.39, 0.29) is 23.8 Å². The van der Waals surface area contributed by atoms with Crippen molar-refractivity contribution in [2.24, 2.45) is 5.92 Å². The minimum absolute atomic E-state index is 0.0589. The van der Waals surface area contributed by atoms with E-state index in [0.29, 0.717) is 18.8 Å². The van der Waals surface area contributed by atoms with Gasteiger partial charge in [-0.3, -0.25) is 9.59 Å². The van der Waals surface area contributed by atoms with Gasteiger partial charge in [-0.05, 0) is 37.6 Å². The number of hydrogen-bond donors (Lipinski definition) is 0. The van der Waals surface area contributed by atoms with Crippen LogP contribution >= 0.6 is 0 Å². The van der Waals surface area contributed by atoms with Gasteiger partial charge in [-0.2, -0.15) is 0 Å². The van der Waals surface area contributed by atoms with Crippen molar-refractivity contribution >= 4 is 11.8 Å². The van der Waals surface area contributed by atoms with Gasteiger partial charge in [0.05, 0.1) is 18.2 Å². The minimum atomic E-state index is -0.151. The van der Waals surface area contributed by atoms with Crippen molar-refractivity contribution < 1.29 is 14.0 Å². The first-order valence-corrected chi connectivity index (χ1v) is 10.00. The summed E-state index contributed by atoms with van der Waals surface area (Å²) in [5.41, 5.74) is 1.17. The van der Waals surface area contributed by atoms with Crippen LogP contribution in [0.4, 0.5) is 0 Å². The van der Waals surface area contributed by atoms with Crippen LogP contribution in [-0.2, 0) is 4.79 Å². The Morgan fingerprint density at radius 1 is 1.00 bits per heavy atom. The molecule has 1 aromatic carbocycles. The fraction of sp³-hybridized carbons (Fsp3) is 0.455. The molecule has 1 aromatic heterocycles. The zero-order valence-corrected chi connectivity index (χ0v) is 16.3. The zero-order chi connectivity index (χ0) is 19.5. The SMILES string of the molecule is CN1CCN(C(=O)[C@@H]2CCCN(C(=O)c3ccco3)C2)[C@H](c2ccccc2)C1. The molecule has 0 unspecified atom stereocenters. The highest BCUT2D eigenvalue weighted by molar-refractivity contribution is 5.92. The maximum atomic E-state index is 13.4. The summed E-state index contributed by atoms with van der Waals surface area (Å²) < 4.78 is 5.26. The Bertz CT molecular complexity index is 806. The van der Waals surface area contributed by atoms with E-state index in [0.717, 1.165) is 32.5 Å². The Labute approximate surface area is 165 Å². The lowest BCUT2D eigenvalue weighted by atomic mass is 9.93. The molecule has 2 aromatic rings. The van der Waals surface area contributed by atoms with E-state index in [1.165, 1.54) is 11.8 Å². The van der Waals surface area contributed by atoms with Crippen LogP contribution in [-0.4, -0.2) is 66.3 Å². The van der Waals surface area contributed by atoms with Gasteiger partial charge in [0, 0.05) is 32.7 Å². The van der Waals surface area contributed by atoms with Gasteiger partial charge >= 0.3 is 0 Å². The lowest BCUT2D eigenvalue weighted by molar-refractivity contribution is -0.142. The number of rotatable bonds is 3. The third kappa shape index (κ3) is 3.83. The molecule has 148 valence electrons. The largest absolute Gasteiger partial charge is 0.459 e. The molecule has 2 aliphatic heterocycles. The van der Waals surface area contributed by atoms with Crippen LogP contribution in [0.3, 0.4) is 0 Å². The van der Waals surface area contributed by atoms with Crippen LogP contribution in [0.1, 0.15) is 35.0 Å². The van der Waals surface area contributed by atoms with E-state index < -0.39 is 0 Å². The molecular weight excluding hydrogens is 354 g/mol. The number of piperazine rings is 1. The Hall–Kier alpha value is -2.60. The third-order valence-corrected chi connectivity index (χ3v) is 5.84. The van der Waals surface area contributed by atoms with Crippen LogP contribution in [0, 0.1) is 5.92 Å². The molecular formula is C22H27N3O3. The monoisotopic (exact) mass is 381 g/mol. The van der Waals surface area contributed by atoms with Crippen molar-refractivity contribution in [1.82, 2.24) is 14.7 Å². The molecule has 0 aliphatic carbocycles. The number of carbonyl (C=O) groups excluding carboxylic acids is 2. The molecule has 6 nitrogen and oxygen atoms in total. The van der Waals surface area contributed by atoms with E-state index in [1.54, 1.807) is 17.0 Å². The molecule has 0 saturated carbocycles. The van der Waals surface area contributed by atoms with E-state index in [4.69, 9.17) is 4.42 Å². The number of amides is 2. The Balaban J connectivity index is 1.49. The second kappa shape index (κ2) is 8.19. The molecule has 2 saturated heterocycles. The van der Waals surface area contributed by atoms with Crippen molar-refractivity contribution in [3.05, 3.63) is 60.1 Å². The van der Waals surface area contributed by atoms with Gasteiger partial charge in [0.1, 0.15) is 0 Å². The number of likely N-dealkylation sites (tertiary alicyclic amines) is 1. The number of likely N-dealkylation sites (N-methyl/N-ethyl adjacent to an activating group) is 1. The second-order valence-corrected chi connectivity index (χ2v) is 7.79. The summed E-state index contributed by atoms with van der Waals surface area (Å²) in [6, 6.07) is 13.7. The summed E-state index contributed by atoms with van der Waals surface area (Å²) in [5.74, 6) is 0.233. The van der Waals surface area contributed by atoms with Crippen LogP contribution in [0.25, 0.3) is 0 Å². The summed E-state index contributed by atoms with van der Waals surface area (Å²) in [7, 11) is 2.10. The van der Waals surface area contributed by atoms with Gasteiger partial charge in [0.15, 0.2) is 5.76 Å². The topological polar surface area (TPSA) is 57.0 Å². The Morgan fingerprint density at radius 2 is 1.82 bits per heavy atom. The first kappa shape index (κ1) is 18.7. The number of nitrogens with zero attached hydrogens (tertiary/aromatic N) is 3. The fourth-order valence-corrected chi connectivity index (χ4v) is 4.30. The van der Waals surface area contributed by atoms with Gasteiger partial charge < -0.3 is 19.1 Å². The van der Waals surface area contributed by atoms with Crippen LogP contribution in [0.15, 0.2) is 53.1 Å². The molecule has 0 radical (unpaired) electrons. The maximum Gasteiger partial charge on any atom is 0.289 e. The van der Waals surface area contributed by atoms with E-state index in [1.807, 2.05) is 23.1 Å². The van der Waals surface area contributed by atoms with E-state index >= 15 is 0 Å². The molecule has 2 amide bonds. The van der Waals surface area contributed by atoms with Crippen LogP contribution in [0.5, 0.6) is 0 Å². The van der Waals surface area contributed by atoms with Crippen LogP contribution < -0.4 is 0 Å². The molecule has 3 heterocycles. The first-order valence-electron chi connectivity index (χ1n) is 10.00. The summed E-state index contributed by atoms with van der Waals surface area (Å²) in [5, 5.41) is 0. The summed E-state index contributed by atoms with van der Waals surface area (Å²) in [6.07, 6.45) is 3.18. The quantitative estimate of drug-likeness (QED) is 0.820. The normalized spacial score (nSPS) is 23.6. The average molecular weight is 381 g/mol. The summed E-state index contributed by atoms with van der Waals surface area (Å²) in [4.78, 5) is 32.1. The molecule has 0 N–H and O–H groups in total. The minimum Gasteiger partial charge on any atom is -0.459 e. The van der Waals surface area contributed by atoms with Crippen molar-refractivity contribution in [2.45, 2.75) is 18.9 Å². The highest BCUT2D eigenvalue weighted by Gasteiger charge is 2.37. The van der Waals surface area contributed by atoms with Crippen molar-refractivity contribution in [3.63, 3.8) is 0 Å². The lowest BCUT2D eigenvalue weighted by Gasteiger charge is -2.43. The zero-order valence-electron chi connectivity index (χ0n) is 16.3. The number of carbonyl (C=O) groups is 2. The second-order valence-electron chi connectivity index (χ2n) is 7.79. The molecule has 4 rings (SSSR count). The molecule has 2 fully saturated rings. The molecule has 2 atom stereocenters. The third-order valence-electron chi connectivity index (χ3n) is 5.84. The fourth-order valence-electron chi connectivity index (χ4n) is 4.30. The van der Waals surface area contributed by atoms with Gasteiger partial charge in [-0.15, -0.1) is 0 Å². The molecule has 2 aliphatic rings. The van der Waals surface area contributed by atoms with Gasteiger partial charge in [0.2, 0.25) is 5.91 Å². The summed E-state index contributed by atoms with van der Waals surface area (Å²) in [6.45, 7) is 3.56. The highest BCUT2D eigenvalue weighted by Crippen LogP contribution is 2.29. The molecule has 0 bridgehead atoms. The van der Waals surface area contributed by atoms with Crippen molar-refractivity contribution in [1.29, 1.82) is 0 Å². The average Bonchev–Trinajstić information content (AvgIpc) is 3.28. The predicted octanol–water partition coefficient (Wildman–Crippen LogP) is 2.65. The smallest absolute Gasteiger partial charge is 0.289 e.